The molecule has 3 heterocycles. The highest BCUT2D eigenvalue weighted by Crippen LogP contribution is 2.25. The van der Waals surface area contributed by atoms with E-state index in [9.17, 15) is 4.79 Å². The van der Waals surface area contributed by atoms with Gasteiger partial charge in [-0.05, 0) is 40.9 Å². The van der Waals surface area contributed by atoms with Gasteiger partial charge in [0.25, 0.3) is 5.91 Å². The quantitative estimate of drug-likeness (QED) is 0.618. The third-order valence-electron chi connectivity index (χ3n) is 3.67. The van der Waals surface area contributed by atoms with Gasteiger partial charge >= 0.3 is 0 Å². The fraction of sp³-hybridized carbons (Fsp3) is 0.125. The highest BCUT2D eigenvalue weighted by Gasteiger charge is 2.19. The highest BCUT2D eigenvalue weighted by molar-refractivity contribution is 7.12. The maximum Gasteiger partial charge on any atom is 0.264 e. The van der Waals surface area contributed by atoms with Gasteiger partial charge in [0.2, 0.25) is 0 Å². The number of rotatable bonds is 4. The van der Waals surface area contributed by atoms with Crippen LogP contribution in [0, 0.1) is 0 Å². The Morgan fingerprint density at radius 1 is 1.33 bits per heavy atom. The smallest absolute Gasteiger partial charge is 0.264 e. The topological polar surface area (TPSA) is 85.8 Å². The first-order chi connectivity index (χ1) is 11.7. The number of tetrazole rings is 1. The summed E-state index contributed by atoms with van der Waals surface area (Å²) in [6, 6.07) is 11.2. The van der Waals surface area contributed by atoms with Gasteiger partial charge in [-0.1, -0.05) is 18.2 Å². The molecule has 0 aliphatic heterocycles. The molecule has 1 aromatic carbocycles. The van der Waals surface area contributed by atoms with Crippen LogP contribution in [0.25, 0.3) is 16.7 Å². The molecular formula is C16H13N5O2S. The molecule has 0 spiro atoms. The van der Waals surface area contributed by atoms with Crippen molar-refractivity contribution < 1.29 is 9.21 Å². The van der Waals surface area contributed by atoms with Crippen molar-refractivity contribution in [2.24, 2.45) is 0 Å². The molecule has 1 atom stereocenters. The van der Waals surface area contributed by atoms with Gasteiger partial charge in [-0.15, -0.1) is 16.4 Å². The van der Waals surface area contributed by atoms with E-state index in [1.807, 2.05) is 48.7 Å². The van der Waals surface area contributed by atoms with Gasteiger partial charge in [0, 0.05) is 5.39 Å². The number of para-hydroxylation sites is 1. The molecule has 0 saturated heterocycles. The average Bonchev–Trinajstić information content (AvgIpc) is 3.32. The summed E-state index contributed by atoms with van der Waals surface area (Å²) in [6.07, 6.45) is 1.46. The summed E-state index contributed by atoms with van der Waals surface area (Å²) in [5.41, 5.74) is 1.46. The number of aromatic nitrogens is 4. The van der Waals surface area contributed by atoms with E-state index < -0.39 is 0 Å². The number of fused-ring (bicyclic) bond motifs is 1. The van der Waals surface area contributed by atoms with E-state index in [-0.39, 0.29) is 11.9 Å². The maximum atomic E-state index is 12.6. The van der Waals surface area contributed by atoms with Crippen LogP contribution in [0.2, 0.25) is 0 Å². The van der Waals surface area contributed by atoms with Crippen molar-refractivity contribution >= 4 is 28.2 Å². The van der Waals surface area contributed by atoms with Crippen LogP contribution in [-0.2, 0) is 0 Å². The molecule has 120 valence electrons. The molecule has 4 rings (SSSR count). The molecule has 0 unspecified atom stereocenters. The molecule has 8 heteroatoms. The number of carbonyl (C=O) groups is 1. The summed E-state index contributed by atoms with van der Waals surface area (Å²) in [5.74, 6) is 0.522. The van der Waals surface area contributed by atoms with Crippen LogP contribution in [0.1, 0.15) is 28.4 Å². The molecule has 1 N–H and O–H groups in total. The number of hydrogen-bond donors (Lipinski definition) is 1. The zero-order chi connectivity index (χ0) is 16.5. The average molecular weight is 339 g/mol. The van der Waals surface area contributed by atoms with E-state index >= 15 is 0 Å². The van der Waals surface area contributed by atoms with Gasteiger partial charge in [0.1, 0.15) is 22.5 Å². The lowest BCUT2D eigenvalue weighted by Crippen LogP contribution is -2.26. The minimum Gasteiger partial charge on any atom is -0.459 e. The first kappa shape index (κ1) is 14.6. The summed E-state index contributed by atoms with van der Waals surface area (Å²) >= 11 is 1.34. The first-order valence-electron chi connectivity index (χ1n) is 7.32. The minimum atomic E-state index is -0.256. The van der Waals surface area contributed by atoms with Gasteiger partial charge < -0.3 is 9.73 Å². The van der Waals surface area contributed by atoms with E-state index in [2.05, 4.69) is 20.8 Å². The Bertz CT molecular complexity index is 956. The van der Waals surface area contributed by atoms with E-state index in [0.717, 1.165) is 11.0 Å². The van der Waals surface area contributed by atoms with Crippen molar-refractivity contribution in [2.45, 2.75) is 13.0 Å². The van der Waals surface area contributed by atoms with E-state index in [4.69, 9.17) is 4.42 Å². The Kier molecular flexibility index (Phi) is 3.58. The summed E-state index contributed by atoms with van der Waals surface area (Å²) < 4.78 is 7.27. The fourth-order valence-electron chi connectivity index (χ4n) is 2.47. The van der Waals surface area contributed by atoms with Crippen molar-refractivity contribution in [1.82, 2.24) is 25.5 Å². The van der Waals surface area contributed by atoms with Crippen LogP contribution < -0.4 is 5.32 Å². The van der Waals surface area contributed by atoms with Crippen LogP contribution in [0.4, 0.5) is 0 Å². The number of thiophene rings is 1. The van der Waals surface area contributed by atoms with Crippen molar-refractivity contribution in [1.29, 1.82) is 0 Å². The van der Waals surface area contributed by atoms with Crippen LogP contribution >= 0.6 is 11.3 Å². The van der Waals surface area contributed by atoms with Crippen LogP contribution in [0.3, 0.4) is 0 Å². The SMILES string of the molecule is C[C@H](NC(=O)c1sccc1-n1cnnn1)c1cc2ccccc2o1. The number of amides is 1. The Hall–Kier alpha value is -3.00. The van der Waals surface area contributed by atoms with E-state index in [1.165, 1.54) is 22.3 Å². The van der Waals surface area contributed by atoms with Crippen molar-refractivity contribution in [2.75, 3.05) is 0 Å². The lowest BCUT2D eigenvalue weighted by atomic mass is 10.2. The molecule has 7 nitrogen and oxygen atoms in total. The third kappa shape index (κ3) is 2.56. The van der Waals surface area contributed by atoms with Gasteiger partial charge in [0.15, 0.2) is 0 Å². The summed E-state index contributed by atoms with van der Waals surface area (Å²) in [4.78, 5) is 13.1. The number of benzene rings is 1. The summed E-state index contributed by atoms with van der Waals surface area (Å²) in [5, 5.41) is 16.8. The van der Waals surface area contributed by atoms with Crippen LogP contribution in [-0.4, -0.2) is 26.1 Å². The number of nitrogens with one attached hydrogen (secondary N) is 1. The minimum absolute atomic E-state index is 0.191. The predicted molar refractivity (Wildman–Crippen MR) is 89.1 cm³/mol. The second-order valence-electron chi connectivity index (χ2n) is 5.27. The molecule has 0 aliphatic carbocycles. The maximum absolute atomic E-state index is 12.6. The molecule has 0 radical (unpaired) electrons. The molecule has 0 fully saturated rings. The summed E-state index contributed by atoms with van der Waals surface area (Å²) in [6.45, 7) is 1.89. The Labute approximate surface area is 140 Å². The summed E-state index contributed by atoms with van der Waals surface area (Å²) in [7, 11) is 0. The number of hydrogen-bond acceptors (Lipinski definition) is 6. The Morgan fingerprint density at radius 2 is 2.21 bits per heavy atom. The van der Waals surface area contributed by atoms with E-state index in [0.29, 0.717) is 16.3 Å². The molecule has 0 aliphatic rings. The molecular weight excluding hydrogens is 326 g/mol. The van der Waals surface area contributed by atoms with Crippen LogP contribution in [0.15, 0.2) is 52.5 Å². The normalized spacial score (nSPS) is 12.4. The van der Waals surface area contributed by atoms with Crippen molar-refractivity contribution in [3.8, 4) is 5.69 Å². The second-order valence-corrected chi connectivity index (χ2v) is 6.19. The van der Waals surface area contributed by atoms with Gasteiger partial charge in [0.05, 0.1) is 11.7 Å². The van der Waals surface area contributed by atoms with Crippen molar-refractivity contribution in [3.63, 3.8) is 0 Å². The van der Waals surface area contributed by atoms with Gasteiger partial charge in [-0.3, -0.25) is 4.79 Å². The zero-order valence-corrected chi connectivity index (χ0v) is 13.5. The highest BCUT2D eigenvalue weighted by atomic mass is 32.1. The lowest BCUT2D eigenvalue weighted by molar-refractivity contribution is 0.0939. The predicted octanol–water partition coefficient (Wildman–Crippen LogP) is 2.96. The first-order valence-corrected chi connectivity index (χ1v) is 8.20. The number of carbonyl (C=O) groups excluding carboxylic acids is 1. The third-order valence-corrected chi connectivity index (χ3v) is 4.57. The van der Waals surface area contributed by atoms with Gasteiger partial charge in [-0.2, -0.15) is 4.68 Å². The fourth-order valence-corrected chi connectivity index (χ4v) is 3.25. The monoisotopic (exact) mass is 339 g/mol. The Morgan fingerprint density at radius 3 is 3.00 bits per heavy atom. The van der Waals surface area contributed by atoms with Crippen LogP contribution in [0.5, 0.6) is 0 Å². The zero-order valence-electron chi connectivity index (χ0n) is 12.7. The van der Waals surface area contributed by atoms with E-state index in [1.54, 1.807) is 0 Å². The van der Waals surface area contributed by atoms with Crippen molar-refractivity contribution in [3.05, 3.63) is 58.7 Å². The molecule has 3 aromatic heterocycles. The molecule has 0 bridgehead atoms. The number of nitrogens with zero attached hydrogens (tertiary/aromatic N) is 4. The molecule has 24 heavy (non-hydrogen) atoms. The molecule has 0 saturated carbocycles. The lowest BCUT2D eigenvalue weighted by Gasteiger charge is -2.11. The number of furan rings is 1. The molecule has 4 aromatic rings. The standard InChI is InChI=1S/C16H13N5O2S/c1-10(14-8-11-4-2-3-5-13(11)23-14)18-16(22)15-12(6-7-24-15)21-9-17-19-20-21/h2-10H,1H3,(H,18,22)/t10-/m0/s1. The molecule has 1 amide bonds. The largest absolute Gasteiger partial charge is 0.459 e. The Balaban J connectivity index is 1.57. The second kappa shape index (κ2) is 5.89. The van der Waals surface area contributed by atoms with Gasteiger partial charge in [-0.25, -0.2) is 0 Å².